The summed E-state index contributed by atoms with van der Waals surface area (Å²) in [5.74, 6) is 0.835. The second kappa shape index (κ2) is 14.0. The molecule has 0 nitrogen and oxygen atoms in total. The minimum absolute atomic E-state index is 0.352. The number of halogens is 4. The lowest BCUT2D eigenvalue weighted by atomic mass is 9.77. The first-order valence-corrected chi connectivity index (χ1v) is 13.9. The molecule has 0 atom stereocenters. The molecule has 0 bridgehead atoms. The van der Waals surface area contributed by atoms with Gasteiger partial charge in [-0.2, -0.15) is 13.2 Å². The quantitative estimate of drug-likeness (QED) is 0.193. The number of hydrogen-bond donors (Lipinski definition) is 0. The van der Waals surface area contributed by atoms with Crippen LogP contribution in [0.1, 0.15) is 120 Å². The Kier molecular flexibility index (Phi) is 11.1. The number of alkyl halides is 3. The van der Waals surface area contributed by atoms with Crippen molar-refractivity contribution in [2.75, 3.05) is 0 Å². The van der Waals surface area contributed by atoms with E-state index in [1.54, 1.807) is 12.1 Å². The van der Waals surface area contributed by atoms with Crippen molar-refractivity contribution in [2.24, 2.45) is 5.92 Å². The predicted octanol–water partition coefficient (Wildman–Crippen LogP) is 11.1. The van der Waals surface area contributed by atoms with Crippen LogP contribution in [0.4, 0.5) is 17.6 Å². The van der Waals surface area contributed by atoms with Crippen molar-refractivity contribution in [1.29, 1.82) is 0 Å². The summed E-state index contributed by atoms with van der Waals surface area (Å²) in [5, 5.41) is 0. The summed E-state index contributed by atoms with van der Waals surface area (Å²) in [7, 11) is 0. The van der Waals surface area contributed by atoms with Crippen LogP contribution in [0.15, 0.2) is 42.5 Å². The zero-order valence-corrected chi connectivity index (χ0v) is 21.3. The summed E-state index contributed by atoms with van der Waals surface area (Å²) in [4.78, 5) is 0. The van der Waals surface area contributed by atoms with Gasteiger partial charge in [0, 0.05) is 5.56 Å². The van der Waals surface area contributed by atoms with Gasteiger partial charge in [-0.05, 0) is 66.8 Å². The number of rotatable bonds is 13. The molecule has 35 heavy (non-hydrogen) atoms. The third kappa shape index (κ3) is 8.95. The van der Waals surface area contributed by atoms with E-state index in [9.17, 15) is 17.6 Å². The van der Waals surface area contributed by atoms with Gasteiger partial charge < -0.3 is 0 Å². The SMILES string of the molecule is CCCCCCCCCCCCC1CCC(c2ccc(-c3ccc(C(F)(F)F)cc3)c(F)c2)CC1. The average molecular weight is 491 g/mol. The van der Waals surface area contributed by atoms with Gasteiger partial charge in [-0.15, -0.1) is 0 Å². The summed E-state index contributed by atoms with van der Waals surface area (Å²) >= 11 is 0. The Morgan fingerprint density at radius 3 is 1.83 bits per heavy atom. The van der Waals surface area contributed by atoms with E-state index in [0.717, 1.165) is 36.5 Å². The van der Waals surface area contributed by atoms with Crippen molar-refractivity contribution in [3.05, 3.63) is 59.4 Å². The van der Waals surface area contributed by atoms with Crippen LogP contribution in [0.25, 0.3) is 11.1 Å². The Balaban J connectivity index is 1.37. The number of unbranched alkanes of at least 4 members (excludes halogenated alkanes) is 9. The normalized spacial score (nSPS) is 18.7. The maximum absolute atomic E-state index is 14.9. The molecule has 3 rings (SSSR count). The molecule has 0 unspecified atom stereocenters. The van der Waals surface area contributed by atoms with Crippen LogP contribution in [-0.4, -0.2) is 0 Å². The minimum Gasteiger partial charge on any atom is -0.206 e. The summed E-state index contributed by atoms with van der Waals surface area (Å²) in [6.45, 7) is 2.26. The van der Waals surface area contributed by atoms with Crippen molar-refractivity contribution in [2.45, 2.75) is 115 Å². The van der Waals surface area contributed by atoms with Crippen molar-refractivity contribution in [3.63, 3.8) is 0 Å². The second-order valence-corrected chi connectivity index (χ2v) is 10.5. The van der Waals surface area contributed by atoms with Crippen molar-refractivity contribution < 1.29 is 17.6 Å². The maximum Gasteiger partial charge on any atom is 0.416 e. The Morgan fingerprint density at radius 1 is 0.714 bits per heavy atom. The molecular weight excluding hydrogens is 448 g/mol. The summed E-state index contributed by atoms with van der Waals surface area (Å²) in [6.07, 6.45) is 15.3. The molecule has 0 heterocycles. The molecule has 194 valence electrons. The third-order valence-corrected chi connectivity index (χ3v) is 7.80. The molecule has 2 aromatic carbocycles. The van der Waals surface area contributed by atoms with E-state index in [1.165, 1.54) is 95.6 Å². The lowest BCUT2D eigenvalue weighted by Gasteiger charge is -2.29. The smallest absolute Gasteiger partial charge is 0.206 e. The van der Waals surface area contributed by atoms with Gasteiger partial charge in [0.15, 0.2) is 0 Å². The molecule has 0 amide bonds. The summed E-state index contributed by atoms with van der Waals surface area (Å²) < 4.78 is 53.2. The lowest BCUT2D eigenvalue weighted by Crippen LogP contribution is -2.13. The number of hydrogen-bond acceptors (Lipinski definition) is 0. The molecule has 0 aliphatic heterocycles. The van der Waals surface area contributed by atoms with Crippen LogP contribution in [0, 0.1) is 11.7 Å². The molecular formula is C31H42F4. The van der Waals surface area contributed by atoms with Crippen molar-refractivity contribution in [1.82, 2.24) is 0 Å². The second-order valence-electron chi connectivity index (χ2n) is 10.5. The lowest BCUT2D eigenvalue weighted by molar-refractivity contribution is -0.137. The van der Waals surface area contributed by atoms with E-state index in [-0.39, 0.29) is 5.82 Å². The Bertz CT molecular complexity index is 861. The molecule has 0 N–H and O–H groups in total. The van der Waals surface area contributed by atoms with E-state index in [2.05, 4.69) is 6.92 Å². The Morgan fingerprint density at radius 2 is 1.29 bits per heavy atom. The molecule has 1 aliphatic rings. The van der Waals surface area contributed by atoms with Crippen LogP contribution in [0.3, 0.4) is 0 Å². The van der Waals surface area contributed by atoms with Gasteiger partial charge in [0.1, 0.15) is 5.82 Å². The molecule has 0 radical (unpaired) electrons. The van der Waals surface area contributed by atoms with Gasteiger partial charge in [0.2, 0.25) is 0 Å². The standard InChI is InChI=1S/C31H42F4/c1-2-3-4-5-6-7-8-9-10-11-12-24-13-15-25(16-14-24)27-19-22-29(30(32)23-27)26-17-20-28(21-18-26)31(33,34)35/h17-25H,2-16H2,1H3. The highest BCUT2D eigenvalue weighted by Gasteiger charge is 2.30. The van der Waals surface area contributed by atoms with Crippen LogP contribution < -0.4 is 0 Å². The molecule has 4 heteroatoms. The van der Waals surface area contributed by atoms with Gasteiger partial charge in [0.05, 0.1) is 5.56 Å². The fourth-order valence-corrected chi connectivity index (χ4v) is 5.56. The molecule has 2 aromatic rings. The first kappa shape index (κ1) is 27.7. The van der Waals surface area contributed by atoms with Crippen LogP contribution >= 0.6 is 0 Å². The van der Waals surface area contributed by atoms with E-state index >= 15 is 0 Å². The summed E-state index contributed by atoms with van der Waals surface area (Å²) in [6, 6.07) is 10.0. The van der Waals surface area contributed by atoms with Crippen LogP contribution in [-0.2, 0) is 6.18 Å². The molecule has 0 spiro atoms. The average Bonchev–Trinajstić information content (AvgIpc) is 2.85. The summed E-state index contributed by atoms with van der Waals surface area (Å²) in [5.41, 5.74) is 1.14. The zero-order chi connectivity index (χ0) is 25.1. The van der Waals surface area contributed by atoms with Crippen molar-refractivity contribution in [3.8, 4) is 11.1 Å². The highest BCUT2D eigenvalue weighted by molar-refractivity contribution is 5.65. The molecule has 0 saturated heterocycles. The van der Waals surface area contributed by atoms with Gasteiger partial charge >= 0.3 is 6.18 Å². The van der Waals surface area contributed by atoms with Gasteiger partial charge in [-0.1, -0.05) is 102 Å². The Hall–Kier alpha value is -1.84. The highest BCUT2D eigenvalue weighted by Crippen LogP contribution is 2.39. The topological polar surface area (TPSA) is 0 Å². The predicted molar refractivity (Wildman–Crippen MR) is 138 cm³/mol. The van der Waals surface area contributed by atoms with E-state index in [1.807, 2.05) is 6.07 Å². The first-order chi connectivity index (χ1) is 16.9. The van der Waals surface area contributed by atoms with Gasteiger partial charge in [-0.3, -0.25) is 0 Å². The van der Waals surface area contributed by atoms with Crippen molar-refractivity contribution >= 4 is 0 Å². The fourth-order valence-electron chi connectivity index (χ4n) is 5.56. The third-order valence-electron chi connectivity index (χ3n) is 7.80. The largest absolute Gasteiger partial charge is 0.416 e. The molecule has 0 aromatic heterocycles. The van der Waals surface area contributed by atoms with Gasteiger partial charge in [-0.25, -0.2) is 4.39 Å². The van der Waals surface area contributed by atoms with E-state index in [0.29, 0.717) is 17.0 Å². The highest BCUT2D eigenvalue weighted by atomic mass is 19.4. The Labute approximate surface area is 209 Å². The van der Waals surface area contributed by atoms with E-state index in [4.69, 9.17) is 0 Å². The number of benzene rings is 2. The molecule has 1 fully saturated rings. The van der Waals surface area contributed by atoms with Crippen LogP contribution in [0.5, 0.6) is 0 Å². The molecule has 1 saturated carbocycles. The maximum atomic E-state index is 14.9. The minimum atomic E-state index is -4.38. The fraction of sp³-hybridized carbons (Fsp3) is 0.613. The molecule has 1 aliphatic carbocycles. The monoisotopic (exact) mass is 490 g/mol. The first-order valence-electron chi connectivity index (χ1n) is 13.9. The zero-order valence-electron chi connectivity index (χ0n) is 21.3. The van der Waals surface area contributed by atoms with Gasteiger partial charge in [0.25, 0.3) is 0 Å². The van der Waals surface area contributed by atoms with E-state index < -0.39 is 11.7 Å². The van der Waals surface area contributed by atoms with Crippen LogP contribution in [0.2, 0.25) is 0 Å².